The van der Waals surface area contributed by atoms with Crippen molar-refractivity contribution in [3.63, 3.8) is 0 Å². The third kappa shape index (κ3) is 10.1. The molecule has 1 saturated carbocycles. The molecule has 0 N–H and O–H groups in total. The second kappa shape index (κ2) is 15.3. The van der Waals surface area contributed by atoms with Gasteiger partial charge in [-0.05, 0) is 74.5 Å². The first-order chi connectivity index (χ1) is 15.1. The topological polar surface area (TPSA) is 35.5 Å². The maximum Gasteiger partial charge on any atom is 0.308 e. The molecule has 0 amide bonds. The van der Waals surface area contributed by atoms with Crippen molar-refractivity contribution >= 4 is 5.97 Å². The standard InChI is InChI=1S/C28H46O3/c1-4-12-24-13-15-25(16-14-24)26-17-19-27(20-18-26)30-21-10-8-6-7-9-11-22-31-28(29)23(3)5-2/h17-20,23-25H,4-16,21-22H2,1-3H3. The van der Waals surface area contributed by atoms with E-state index in [1.807, 2.05) is 13.8 Å². The van der Waals surface area contributed by atoms with Crippen LogP contribution in [0, 0.1) is 11.8 Å². The van der Waals surface area contributed by atoms with Crippen molar-refractivity contribution in [2.75, 3.05) is 13.2 Å². The normalized spacial score (nSPS) is 19.7. The molecule has 1 aromatic carbocycles. The number of ether oxygens (including phenoxy) is 2. The van der Waals surface area contributed by atoms with E-state index in [2.05, 4.69) is 31.2 Å². The number of hydrogen-bond donors (Lipinski definition) is 0. The Kier molecular flexibility index (Phi) is 12.7. The van der Waals surface area contributed by atoms with Crippen LogP contribution in [-0.2, 0) is 9.53 Å². The zero-order chi connectivity index (χ0) is 22.3. The van der Waals surface area contributed by atoms with Crippen molar-refractivity contribution in [3.05, 3.63) is 29.8 Å². The third-order valence-electron chi connectivity index (χ3n) is 6.96. The Morgan fingerprint density at radius 1 is 0.903 bits per heavy atom. The highest BCUT2D eigenvalue weighted by atomic mass is 16.5. The maximum absolute atomic E-state index is 11.6. The Morgan fingerprint density at radius 3 is 2.13 bits per heavy atom. The van der Waals surface area contributed by atoms with Crippen LogP contribution in [0.25, 0.3) is 0 Å². The van der Waals surface area contributed by atoms with Crippen LogP contribution in [-0.4, -0.2) is 19.2 Å². The summed E-state index contributed by atoms with van der Waals surface area (Å²) in [6.07, 6.45) is 15.9. The highest BCUT2D eigenvalue weighted by molar-refractivity contribution is 5.71. The number of carbonyl (C=O) groups excluding carboxylic acids is 1. The van der Waals surface area contributed by atoms with Crippen LogP contribution in [0.1, 0.15) is 116 Å². The Labute approximate surface area is 191 Å². The van der Waals surface area contributed by atoms with Gasteiger partial charge < -0.3 is 9.47 Å². The lowest BCUT2D eigenvalue weighted by Crippen LogP contribution is -2.14. The predicted octanol–water partition coefficient (Wildman–Crippen LogP) is 8.07. The molecule has 2 rings (SSSR count). The molecular weight excluding hydrogens is 384 g/mol. The molecule has 1 unspecified atom stereocenters. The molecule has 1 atom stereocenters. The summed E-state index contributed by atoms with van der Waals surface area (Å²) in [6.45, 7) is 7.62. The van der Waals surface area contributed by atoms with Gasteiger partial charge in [0.1, 0.15) is 5.75 Å². The first-order valence-electron chi connectivity index (χ1n) is 13.0. The van der Waals surface area contributed by atoms with Gasteiger partial charge in [-0.15, -0.1) is 0 Å². The highest BCUT2D eigenvalue weighted by Gasteiger charge is 2.21. The fraction of sp³-hybridized carbons (Fsp3) is 0.750. The Morgan fingerprint density at radius 2 is 1.52 bits per heavy atom. The lowest BCUT2D eigenvalue weighted by molar-refractivity contribution is -0.148. The largest absolute Gasteiger partial charge is 0.494 e. The van der Waals surface area contributed by atoms with Gasteiger partial charge in [-0.2, -0.15) is 0 Å². The Balaban J connectivity index is 1.47. The van der Waals surface area contributed by atoms with Crippen LogP contribution in [0.5, 0.6) is 5.75 Å². The van der Waals surface area contributed by atoms with Crippen LogP contribution in [0.2, 0.25) is 0 Å². The summed E-state index contributed by atoms with van der Waals surface area (Å²) in [5.74, 6) is 2.71. The average Bonchev–Trinajstić information content (AvgIpc) is 2.80. The summed E-state index contributed by atoms with van der Waals surface area (Å²) in [4.78, 5) is 11.6. The van der Waals surface area contributed by atoms with E-state index in [-0.39, 0.29) is 11.9 Å². The molecule has 3 nitrogen and oxygen atoms in total. The Hall–Kier alpha value is -1.51. The monoisotopic (exact) mass is 430 g/mol. The third-order valence-corrected chi connectivity index (χ3v) is 6.96. The van der Waals surface area contributed by atoms with E-state index in [1.165, 1.54) is 63.4 Å². The average molecular weight is 431 g/mol. The minimum absolute atomic E-state index is 0.0294. The molecule has 0 heterocycles. The summed E-state index contributed by atoms with van der Waals surface area (Å²) in [5, 5.41) is 0. The van der Waals surface area contributed by atoms with Crippen molar-refractivity contribution in [1.82, 2.24) is 0 Å². The van der Waals surface area contributed by atoms with Crippen molar-refractivity contribution in [2.45, 2.75) is 110 Å². The van der Waals surface area contributed by atoms with Crippen molar-refractivity contribution < 1.29 is 14.3 Å². The van der Waals surface area contributed by atoms with E-state index in [1.54, 1.807) is 0 Å². The van der Waals surface area contributed by atoms with Gasteiger partial charge in [0.05, 0.1) is 19.1 Å². The fourth-order valence-electron chi connectivity index (χ4n) is 4.61. The number of unbranched alkanes of at least 4 members (excludes halogenated alkanes) is 5. The molecule has 0 spiro atoms. The van der Waals surface area contributed by atoms with Crippen molar-refractivity contribution in [2.24, 2.45) is 11.8 Å². The van der Waals surface area contributed by atoms with E-state index in [0.29, 0.717) is 6.61 Å². The quantitative estimate of drug-likeness (QED) is 0.208. The van der Waals surface area contributed by atoms with Gasteiger partial charge in [0.15, 0.2) is 0 Å². The molecule has 176 valence electrons. The maximum atomic E-state index is 11.6. The molecule has 1 aliphatic rings. The molecule has 0 radical (unpaired) electrons. The lowest BCUT2D eigenvalue weighted by Gasteiger charge is -2.28. The van der Waals surface area contributed by atoms with Gasteiger partial charge in [0.2, 0.25) is 0 Å². The summed E-state index contributed by atoms with van der Waals surface area (Å²) in [7, 11) is 0. The van der Waals surface area contributed by atoms with E-state index < -0.39 is 0 Å². The molecule has 1 fully saturated rings. The number of rotatable bonds is 15. The van der Waals surface area contributed by atoms with Crippen LogP contribution < -0.4 is 4.74 Å². The van der Waals surface area contributed by atoms with Crippen molar-refractivity contribution in [1.29, 1.82) is 0 Å². The molecule has 3 heteroatoms. The van der Waals surface area contributed by atoms with E-state index in [0.717, 1.165) is 49.9 Å². The SMILES string of the molecule is CCCC1CCC(c2ccc(OCCCCCCCCOC(=O)C(C)CC)cc2)CC1. The van der Waals surface area contributed by atoms with Crippen LogP contribution in [0.15, 0.2) is 24.3 Å². The van der Waals surface area contributed by atoms with Gasteiger partial charge in [-0.25, -0.2) is 0 Å². The van der Waals surface area contributed by atoms with E-state index >= 15 is 0 Å². The predicted molar refractivity (Wildman–Crippen MR) is 130 cm³/mol. The number of benzene rings is 1. The molecule has 1 aliphatic carbocycles. The van der Waals surface area contributed by atoms with Gasteiger partial charge in [0.25, 0.3) is 0 Å². The second-order valence-corrected chi connectivity index (χ2v) is 9.52. The molecule has 0 aromatic heterocycles. The fourth-order valence-corrected chi connectivity index (χ4v) is 4.61. The minimum Gasteiger partial charge on any atom is -0.494 e. The molecule has 0 aliphatic heterocycles. The van der Waals surface area contributed by atoms with Gasteiger partial charge >= 0.3 is 5.97 Å². The van der Waals surface area contributed by atoms with Crippen LogP contribution in [0.3, 0.4) is 0 Å². The highest BCUT2D eigenvalue weighted by Crippen LogP contribution is 2.37. The van der Waals surface area contributed by atoms with Gasteiger partial charge in [-0.3, -0.25) is 4.79 Å². The van der Waals surface area contributed by atoms with Gasteiger partial charge in [0, 0.05) is 0 Å². The lowest BCUT2D eigenvalue weighted by atomic mass is 9.77. The van der Waals surface area contributed by atoms with Crippen LogP contribution >= 0.6 is 0 Å². The molecule has 0 bridgehead atoms. The summed E-state index contributed by atoms with van der Waals surface area (Å²) in [5.41, 5.74) is 1.50. The van der Waals surface area contributed by atoms with Crippen LogP contribution in [0.4, 0.5) is 0 Å². The summed E-state index contributed by atoms with van der Waals surface area (Å²) < 4.78 is 11.2. The first-order valence-corrected chi connectivity index (χ1v) is 13.0. The Bertz CT molecular complexity index is 587. The summed E-state index contributed by atoms with van der Waals surface area (Å²) in [6, 6.07) is 8.89. The number of esters is 1. The molecular formula is C28H46O3. The van der Waals surface area contributed by atoms with Gasteiger partial charge in [-0.1, -0.05) is 71.4 Å². The summed E-state index contributed by atoms with van der Waals surface area (Å²) >= 11 is 0. The first kappa shape index (κ1) is 25.7. The van der Waals surface area contributed by atoms with Crippen molar-refractivity contribution in [3.8, 4) is 5.75 Å². The smallest absolute Gasteiger partial charge is 0.308 e. The molecule has 0 saturated heterocycles. The van der Waals surface area contributed by atoms with E-state index in [9.17, 15) is 4.79 Å². The molecule has 31 heavy (non-hydrogen) atoms. The molecule has 1 aromatic rings. The second-order valence-electron chi connectivity index (χ2n) is 9.52. The van der Waals surface area contributed by atoms with E-state index in [4.69, 9.17) is 9.47 Å². The number of hydrogen-bond acceptors (Lipinski definition) is 3. The zero-order valence-corrected chi connectivity index (χ0v) is 20.4. The minimum atomic E-state index is -0.0490. The zero-order valence-electron chi connectivity index (χ0n) is 20.4. The number of carbonyl (C=O) groups is 1.